The second kappa shape index (κ2) is 4.29. The Morgan fingerprint density at radius 1 is 1.35 bits per heavy atom. The third-order valence-electron chi connectivity index (χ3n) is 2.37. The molecule has 2 rings (SSSR count). The van der Waals surface area contributed by atoms with Gasteiger partial charge >= 0.3 is 5.97 Å². The second-order valence-corrected chi connectivity index (χ2v) is 3.62. The third kappa shape index (κ3) is 2.28. The molecule has 0 aliphatic carbocycles. The number of benzene rings is 1. The first kappa shape index (κ1) is 11.2. The molecular weight excluding hydrogens is 224 g/mol. The van der Waals surface area contributed by atoms with Crippen molar-refractivity contribution in [1.29, 1.82) is 0 Å². The number of rotatable bonds is 3. The number of fused-ring (bicyclic) bond motifs is 1. The molecule has 5 heteroatoms. The average molecular weight is 234 g/mol. The van der Waals surface area contributed by atoms with E-state index in [2.05, 4.69) is 0 Å². The molecule has 0 fully saturated rings. The van der Waals surface area contributed by atoms with Crippen LogP contribution in [-0.2, 0) is 11.2 Å². The molecular formula is C12H10O5. The number of hydrogen-bond acceptors (Lipinski definition) is 4. The lowest BCUT2D eigenvalue weighted by molar-refractivity contribution is -0.137. The first-order valence-corrected chi connectivity index (χ1v) is 5.04. The minimum absolute atomic E-state index is 0.0976. The van der Waals surface area contributed by atoms with Crippen LogP contribution >= 0.6 is 0 Å². The van der Waals surface area contributed by atoms with Crippen LogP contribution < -0.4 is 5.43 Å². The van der Waals surface area contributed by atoms with Gasteiger partial charge in [-0.1, -0.05) is 6.07 Å². The van der Waals surface area contributed by atoms with Gasteiger partial charge in [0, 0.05) is 12.5 Å². The van der Waals surface area contributed by atoms with Gasteiger partial charge in [0.15, 0.2) is 16.8 Å². The fraction of sp³-hybridized carbons (Fsp3) is 0.167. The smallest absolute Gasteiger partial charge is 0.303 e. The number of carbonyl (C=O) groups is 1. The molecule has 0 saturated carbocycles. The summed E-state index contributed by atoms with van der Waals surface area (Å²) in [6, 6.07) is 5.75. The maximum absolute atomic E-state index is 11.7. The number of aromatic hydroxyl groups is 1. The molecule has 1 aromatic heterocycles. The molecule has 0 radical (unpaired) electrons. The molecule has 17 heavy (non-hydrogen) atoms. The molecule has 0 bridgehead atoms. The highest BCUT2D eigenvalue weighted by Crippen LogP contribution is 2.23. The van der Waals surface area contributed by atoms with Gasteiger partial charge in [-0.05, 0) is 12.1 Å². The van der Waals surface area contributed by atoms with E-state index in [0.717, 1.165) is 0 Å². The Morgan fingerprint density at radius 3 is 2.82 bits per heavy atom. The largest absolute Gasteiger partial charge is 0.504 e. The lowest BCUT2D eigenvalue weighted by Gasteiger charge is -2.02. The second-order valence-electron chi connectivity index (χ2n) is 3.62. The van der Waals surface area contributed by atoms with E-state index in [4.69, 9.17) is 9.52 Å². The number of aryl methyl sites for hydroxylation is 1. The number of aliphatic carboxylic acids is 1. The minimum atomic E-state index is -0.968. The van der Waals surface area contributed by atoms with Crippen LogP contribution in [0.1, 0.15) is 12.2 Å². The van der Waals surface area contributed by atoms with Crippen molar-refractivity contribution in [2.75, 3.05) is 0 Å². The fourth-order valence-corrected chi connectivity index (χ4v) is 1.56. The molecule has 5 nitrogen and oxygen atoms in total. The van der Waals surface area contributed by atoms with E-state index in [1.165, 1.54) is 12.1 Å². The van der Waals surface area contributed by atoms with Crippen LogP contribution in [0.5, 0.6) is 5.75 Å². The minimum Gasteiger partial charge on any atom is -0.504 e. The van der Waals surface area contributed by atoms with Crippen LogP contribution in [0.2, 0.25) is 0 Å². The van der Waals surface area contributed by atoms with Gasteiger partial charge < -0.3 is 14.6 Å². The van der Waals surface area contributed by atoms with Crippen molar-refractivity contribution < 1.29 is 19.4 Å². The number of carboxylic acids is 1. The van der Waals surface area contributed by atoms with E-state index < -0.39 is 5.97 Å². The van der Waals surface area contributed by atoms with Gasteiger partial charge in [-0.15, -0.1) is 0 Å². The number of phenolic OH excluding ortho intramolecular Hbond substituents is 1. The normalized spacial score (nSPS) is 10.6. The van der Waals surface area contributed by atoms with Gasteiger partial charge in [-0.25, -0.2) is 0 Å². The van der Waals surface area contributed by atoms with Crippen LogP contribution in [0.3, 0.4) is 0 Å². The van der Waals surface area contributed by atoms with Gasteiger partial charge in [-0.2, -0.15) is 0 Å². The number of para-hydroxylation sites is 1. The lowest BCUT2D eigenvalue weighted by atomic mass is 10.2. The third-order valence-corrected chi connectivity index (χ3v) is 2.37. The van der Waals surface area contributed by atoms with Crippen LogP contribution in [0, 0.1) is 0 Å². The van der Waals surface area contributed by atoms with E-state index in [1.807, 2.05) is 0 Å². The summed E-state index contributed by atoms with van der Waals surface area (Å²) in [4.78, 5) is 22.1. The summed E-state index contributed by atoms with van der Waals surface area (Å²) >= 11 is 0. The van der Waals surface area contributed by atoms with Crippen molar-refractivity contribution in [3.05, 3.63) is 40.2 Å². The zero-order chi connectivity index (χ0) is 12.4. The SMILES string of the molecule is O=C(O)CCc1cc(=O)c2cccc(O)c2o1. The fourth-order valence-electron chi connectivity index (χ4n) is 1.56. The van der Waals surface area contributed by atoms with E-state index in [9.17, 15) is 14.7 Å². The number of carboxylic acid groups (broad SMARTS) is 1. The molecule has 2 N–H and O–H groups in total. The average Bonchev–Trinajstić information content (AvgIpc) is 2.28. The molecule has 88 valence electrons. The van der Waals surface area contributed by atoms with E-state index in [0.29, 0.717) is 0 Å². The zero-order valence-corrected chi connectivity index (χ0v) is 8.84. The highest BCUT2D eigenvalue weighted by atomic mass is 16.4. The first-order chi connectivity index (χ1) is 8.08. The summed E-state index contributed by atoms with van der Waals surface area (Å²) in [5.74, 6) is -0.840. The maximum atomic E-state index is 11.7. The van der Waals surface area contributed by atoms with Crippen molar-refractivity contribution >= 4 is 16.9 Å². The molecule has 0 saturated heterocycles. The van der Waals surface area contributed by atoms with Gasteiger partial charge in [0.1, 0.15) is 5.76 Å². The van der Waals surface area contributed by atoms with Crippen molar-refractivity contribution in [3.8, 4) is 5.75 Å². The van der Waals surface area contributed by atoms with Gasteiger partial charge in [0.25, 0.3) is 0 Å². The molecule has 0 aliphatic heterocycles. The van der Waals surface area contributed by atoms with Crippen LogP contribution in [0.15, 0.2) is 33.5 Å². The Kier molecular flexibility index (Phi) is 2.82. The number of hydrogen-bond donors (Lipinski definition) is 2. The summed E-state index contributed by atoms with van der Waals surface area (Å²) in [5, 5.41) is 18.4. The topological polar surface area (TPSA) is 87.7 Å². The quantitative estimate of drug-likeness (QED) is 0.840. The first-order valence-electron chi connectivity index (χ1n) is 5.04. The predicted molar refractivity (Wildman–Crippen MR) is 60.1 cm³/mol. The van der Waals surface area contributed by atoms with E-state index in [1.54, 1.807) is 12.1 Å². The van der Waals surface area contributed by atoms with Crippen molar-refractivity contribution in [3.63, 3.8) is 0 Å². The summed E-state index contributed by atoms with van der Waals surface area (Å²) < 4.78 is 5.31. The Morgan fingerprint density at radius 2 is 2.12 bits per heavy atom. The maximum Gasteiger partial charge on any atom is 0.303 e. The Bertz CT molecular complexity index is 626. The highest BCUT2D eigenvalue weighted by Gasteiger charge is 2.09. The molecule has 0 aliphatic rings. The summed E-state index contributed by atoms with van der Waals surface area (Å²) in [6.07, 6.45) is -0.00309. The highest BCUT2D eigenvalue weighted by molar-refractivity contribution is 5.82. The molecule has 2 aromatic rings. The Hall–Kier alpha value is -2.30. The Labute approximate surface area is 95.9 Å². The van der Waals surface area contributed by atoms with E-state index >= 15 is 0 Å². The summed E-state index contributed by atoms with van der Waals surface area (Å²) in [5.41, 5.74) is -0.192. The van der Waals surface area contributed by atoms with Crippen molar-refractivity contribution in [2.45, 2.75) is 12.8 Å². The number of phenols is 1. The van der Waals surface area contributed by atoms with Gasteiger partial charge in [0.05, 0.1) is 11.8 Å². The monoisotopic (exact) mass is 234 g/mol. The molecule has 0 unspecified atom stereocenters. The predicted octanol–water partition coefficient (Wildman–Crippen LogP) is 1.52. The molecule has 1 aromatic carbocycles. The van der Waals surface area contributed by atoms with E-state index in [-0.39, 0.29) is 40.7 Å². The molecule has 0 spiro atoms. The molecule has 0 amide bonds. The van der Waals surface area contributed by atoms with Crippen molar-refractivity contribution in [1.82, 2.24) is 0 Å². The van der Waals surface area contributed by atoms with Crippen LogP contribution in [0.25, 0.3) is 11.0 Å². The lowest BCUT2D eigenvalue weighted by Crippen LogP contribution is -2.04. The summed E-state index contributed by atoms with van der Waals surface area (Å²) in [7, 11) is 0. The summed E-state index contributed by atoms with van der Waals surface area (Å²) in [6.45, 7) is 0. The zero-order valence-electron chi connectivity index (χ0n) is 8.84. The van der Waals surface area contributed by atoms with Gasteiger partial charge in [-0.3, -0.25) is 9.59 Å². The van der Waals surface area contributed by atoms with Crippen LogP contribution in [-0.4, -0.2) is 16.2 Å². The molecule has 0 atom stereocenters. The Balaban J connectivity index is 2.50. The van der Waals surface area contributed by atoms with Crippen LogP contribution in [0.4, 0.5) is 0 Å². The van der Waals surface area contributed by atoms with Crippen molar-refractivity contribution in [2.24, 2.45) is 0 Å². The van der Waals surface area contributed by atoms with Gasteiger partial charge in [0.2, 0.25) is 0 Å². The standard InChI is InChI=1S/C12H10O5/c13-9-3-1-2-8-10(14)6-7(17-12(8)9)4-5-11(15)16/h1-3,6,13H,4-5H2,(H,15,16). The molecule has 1 heterocycles.